The molecular weight excluding hydrogens is 495 g/mol. The second-order valence-corrected chi connectivity index (χ2v) is 9.17. The van der Waals surface area contributed by atoms with Crippen LogP contribution >= 0.6 is 24.0 Å². The summed E-state index contributed by atoms with van der Waals surface area (Å²) in [4.78, 5) is 20.8. The molecule has 0 saturated carbocycles. The molecule has 0 aromatic carbocycles. The number of carbonyl (C=O) groups is 1. The van der Waals surface area contributed by atoms with Gasteiger partial charge in [0.15, 0.2) is 15.8 Å². The number of aryl methyl sites for hydroxylation is 1. The van der Waals surface area contributed by atoms with Crippen LogP contribution in [0.2, 0.25) is 0 Å². The number of amides is 1. The Labute approximate surface area is 182 Å². The maximum absolute atomic E-state index is 12.6. The summed E-state index contributed by atoms with van der Waals surface area (Å²) >= 11 is 0. The van der Waals surface area contributed by atoms with Gasteiger partial charge in [0.1, 0.15) is 6.54 Å². The fourth-order valence-corrected chi connectivity index (χ4v) is 5.19. The van der Waals surface area contributed by atoms with E-state index in [4.69, 9.17) is 0 Å². The molecule has 0 bridgehead atoms. The molecule has 1 aromatic rings. The van der Waals surface area contributed by atoms with E-state index >= 15 is 0 Å². The zero-order valence-electron chi connectivity index (χ0n) is 16.0. The summed E-state index contributed by atoms with van der Waals surface area (Å²) in [5, 5.41) is 7.30. The van der Waals surface area contributed by atoms with Crippen molar-refractivity contribution in [1.29, 1.82) is 0 Å². The summed E-state index contributed by atoms with van der Waals surface area (Å²) in [7, 11) is -1.10. The lowest BCUT2D eigenvalue weighted by Crippen LogP contribution is -2.55. The maximum Gasteiger partial charge on any atom is 0.246 e. The van der Waals surface area contributed by atoms with Crippen molar-refractivity contribution in [3.05, 3.63) is 25.0 Å². The van der Waals surface area contributed by atoms with Gasteiger partial charge in [-0.1, -0.05) is 6.08 Å². The van der Waals surface area contributed by atoms with Crippen LogP contribution in [0.5, 0.6) is 0 Å². The number of hydrogen-bond acceptors (Lipinski definition) is 5. The maximum atomic E-state index is 12.6. The number of nitrogens with one attached hydrogen (secondary N) is 1. The fourth-order valence-electron chi connectivity index (χ4n) is 3.34. The lowest BCUT2D eigenvalue weighted by Gasteiger charge is -2.35. The quantitative estimate of drug-likeness (QED) is 0.258. The number of sulfone groups is 1. The summed E-state index contributed by atoms with van der Waals surface area (Å²) in [6, 6.07) is 0. The number of nitrogens with zero attached hydrogens (tertiary/aromatic N) is 5. The van der Waals surface area contributed by atoms with Gasteiger partial charge in [0.25, 0.3) is 0 Å². The van der Waals surface area contributed by atoms with Crippen LogP contribution in [0.3, 0.4) is 0 Å². The molecule has 1 unspecified atom stereocenters. The Morgan fingerprint density at radius 1 is 1.46 bits per heavy atom. The van der Waals surface area contributed by atoms with Crippen molar-refractivity contribution in [1.82, 2.24) is 20.0 Å². The van der Waals surface area contributed by atoms with Gasteiger partial charge in [-0.15, -0.1) is 30.6 Å². The third kappa shape index (κ3) is 5.69. The molecule has 2 aliphatic rings. The molecule has 9 nitrogen and oxygen atoms in total. The Morgan fingerprint density at radius 3 is 2.82 bits per heavy atom. The van der Waals surface area contributed by atoms with Gasteiger partial charge >= 0.3 is 0 Å². The number of hydrogen-bond donors (Lipinski definition) is 1. The minimum absolute atomic E-state index is 0. The van der Waals surface area contributed by atoms with E-state index in [-0.39, 0.29) is 53.9 Å². The molecule has 2 fully saturated rings. The Bertz CT molecular complexity index is 838. The first-order valence-corrected chi connectivity index (χ1v) is 10.8. The number of rotatable bonds is 5. The monoisotopic (exact) mass is 522 g/mol. The minimum atomic E-state index is -2.92. The van der Waals surface area contributed by atoms with Crippen LogP contribution in [-0.4, -0.2) is 79.2 Å². The van der Waals surface area contributed by atoms with E-state index < -0.39 is 9.84 Å². The highest BCUT2D eigenvalue weighted by Crippen LogP contribution is 2.19. The SMILES string of the molecule is C=CCNC(=NCC1CCS(=O)(=O)C1)N1CCN(c2cnn(C)c2)C(=O)C1.I. The lowest BCUT2D eigenvalue weighted by molar-refractivity contribution is -0.120. The number of guanidine groups is 1. The second kappa shape index (κ2) is 9.72. The Balaban J connectivity index is 0.00000280. The van der Waals surface area contributed by atoms with Crippen molar-refractivity contribution < 1.29 is 13.2 Å². The van der Waals surface area contributed by atoms with Gasteiger partial charge in [0.2, 0.25) is 5.91 Å². The molecule has 11 heteroatoms. The van der Waals surface area contributed by atoms with E-state index in [0.717, 1.165) is 5.69 Å². The predicted molar refractivity (Wildman–Crippen MR) is 120 cm³/mol. The number of anilines is 1. The van der Waals surface area contributed by atoms with Crippen molar-refractivity contribution in [2.45, 2.75) is 6.42 Å². The molecule has 3 rings (SSSR count). The molecule has 3 heterocycles. The first kappa shape index (κ1) is 22.7. The normalized spacial score (nSPS) is 22.1. The molecular formula is C17H27IN6O3S. The third-order valence-electron chi connectivity index (χ3n) is 4.75. The zero-order chi connectivity index (χ0) is 19.4. The van der Waals surface area contributed by atoms with Crippen LogP contribution in [0.25, 0.3) is 0 Å². The standard InChI is InChI=1S/C17H26N6O3S.HI/c1-3-5-18-17(19-9-14-4-8-27(25,26)13-14)22-6-7-23(16(24)12-22)15-10-20-21(2)11-15;/h3,10-11,14H,1,4-9,12-13H2,2H3,(H,18,19);1H. The van der Waals surface area contributed by atoms with Crippen LogP contribution in [0.1, 0.15) is 6.42 Å². The lowest BCUT2D eigenvalue weighted by atomic mass is 10.1. The molecule has 1 N–H and O–H groups in total. The Morgan fingerprint density at radius 2 is 2.25 bits per heavy atom. The van der Waals surface area contributed by atoms with E-state index in [0.29, 0.717) is 38.6 Å². The summed E-state index contributed by atoms with van der Waals surface area (Å²) in [6.07, 6.45) is 5.87. The highest BCUT2D eigenvalue weighted by molar-refractivity contribution is 14.0. The van der Waals surface area contributed by atoms with E-state index in [2.05, 4.69) is 22.0 Å². The van der Waals surface area contributed by atoms with Crippen molar-refractivity contribution in [3.8, 4) is 0 Å². The number of aromatic nitrogens is 2. The number of carbonyl (C=O) groups excluding carboxylic acids is 1. The van der Waals surface area contributed by atoms with Crippen molar-refractivity contribution >= 4 is 51.4 Å². The van der Waals surface area contributed by atoms with E-state index in [1.54, 1.807) is 21.9 Å². The Hall–Kier alpha value is -1.63. The molecule has 2 aliphatic heterocycles. The van der Waals surface area contributed by atoms with Gasteiger partial charge in [0, 0.05) is 39.4 Å². The summed E-state index contributed by atoms with van der Waals surface area (Å²) in [5.41, 5.74) is 0.788. The van der Waals surface area contributed by atoms with Gasteiger partial charge in [-0.2, -0.15) is 5.10 Å². The molecule has 0 radical (unpaired) electrons. The first-order valence-electron chi connectivity index (χ1n) is 9.01. The molecule has 2 saturated heterocycles. The van der Waals surface area contributed by atoms with E-state index in [9.17, 15) is 13.2 Å². The number of halogens is 1. The number of piperazine rings is 1. The van der Waals surface area contributed by atoms with E-state index in [1.165, 1.54) is 0 Å². The predicted octanol–water partition coefficient (Wildman–Crippen LogP) is 0.253. The second-order valence-electron chi connectivity index (χ2n) is 6.94. The largest absolute Gasteiger partial charge is 0.353 e. The zero-order valence-corrected chi connectivity index (χ0v) is 19.1. The molecule has 156 valence electrons. The topological polar surface area (TPSA) is 99.9 Å². The fraction of sp³-hybridized carbons (Fsp3) is 0.588. The van der Waals surface area contributed by atoms with Crippen molar-refractivity contribution in [3.63, 3.8) is 0 Å². The average molecular weight is 522 g/mol. The van der Waals surface area contributed by atoms with Crippen LogP contribution in [-0.2, 0) is 21.7 Å². The highest BCUT2D eigenvalue weighted by atomic mass is 127. The van der Waals surface area contributed by atoms with Crippen LogP contribution in [0.4, 0.5) is 5.69 Å². The van der Waals surface area contributed by atoms with Crippen molar-refractivity contribution in [2.24, 2.45) is 18.0 Å². The van der Waals surface area contributed by atoms with Crippen LogP contribution < -0.4 is 10.2 Å². The Kier molecular flexibility index (Phi) is 7.87. The van der Waals surface area contributed by atoms with Gasteiger partial charge < -0.3 is 15.1 Å². The molecule has 1 aromatic heterocycles. The molecule has 1 atom stereocenters. The average Bonchev–Trinajstić information content (AvgIpc) is 3.20. The van der Waals surface area contributed by atoms with Gasteiger partial charge in [-0.05, 0) is 12.3 Å². The van der Waals surface area contributed by atoms with Crippen LogP contribution in [0, 0.1) is 5.92 Å². The van der Waals surface area contributed by atoms with Gasteiger partial charge in [0.05, 0.1) is 23.4 Å². The summed E-state index contributed by atoms with van der Waals surface area (Å²) < 4.78 is 24.9. The summed E-state index contributed by atoms with van der Waals surface area (Å²) in [6.45, 7) is 6.05. The van der Waals surface area contributed by atoms with Gasteiger partial charge in [-0.3, -0.25) is 14.5 Å². The molecule has 0 spiro atoms. The first-order chi connectivity index (χ1) is 12.9. The van der Waals surface area contributed by atoms with Crippen molar-refractivity contribution in [2.75, 3.05) is 49.1 Å². The minimum Gasteiger partial charge on any atom is -0.353 e. The smallest absolute Gasteiger partial charge is 0.246 e. The molecule has 0 aliphatic carbocycles. The molecule has 28 heavy (non-hydrogen) atoms. The molecule has 1 amide bonds. The van der Waals surface area contributed by atoms with Gasteiger partial charge in [-0.25, -0.2) is 8.42 Å². The summed E-state index contributed by atoms with van der Waals surface area (Å²) in [5.74, 6) is 1.08. The number of aliphatic imine (C=N–C) groups is 1. The highest BCUT2D eigenvalue weighted by Gasteiger charge is 2.30. The van der Waals surface area contributed by atoms with Crippen LogP contribution in [0.15, 0.2) is 30.0 Å². The third-order valence-corrected chi connectivity index (χ3v) is 6.59. The van der Waals surface area contributed by atoms with E-state index in [1.807, 2.05) is 18.1 Å².